The monoisotopic (exact) mass is 128 g/mol. The van der Waals surface area contributed by atoms with Gasteiger partial charge in [0, 0.05) is 0 Å². The quantitative estimate of drug-likeness (QED) is 0.473. The lowest BCUT2D eigenvalue weighted by Crippen LogP contribution is -1.73. The van der Waals surface area contributed by atoms with Gasteiger partial charge in [0.2, 0.25) is 0 Å². The van der Waals surface area contributed by atoms with E-state index < -0.39 is 0 Å². The smallest absolute Gasteiger partial charge is 0.0291 e. The minimum Gasteiger partial charge on any atom is -0.0914 e. The van der Waals surface area contributed by atoms with E-state index in [1.54, 1.807) is 0 Å². The van der Waals surface area contributed by atoms with Crippen molar-refractivity contribution in [1.29, 1.82) is 0 Å². The molecule has 0 aliphatic heterocycles. The molecule has 0 aromatic heterocycles. The topological polar surface area (TPSA) is 0 Å². The summed E-state index contributed by atoms with van der Waals surface area (Å²) in [7, 11) is 0. The Morgan fingerprint density at radius 2 is 1.56 bits per heavy atom. The molecule has 0 nitrogen and oxygen atoms in total. The molecule has 0 rings (SSSR count). The average molecular weight is 128 g/mol. The molecule has 0 spiro atoms. The first kappa shape index (κ1) is 11.5. The Hall–Kier alpha value is -0.260. The lowest BCUT2D eigenvalue weighted by Gasteiger charge is -1.86. The minimum absolute atomic E-state index is 0.718. The number of hydrogen-bond donors (Lipinski definition) is 0. The van der Waals surface area contributed by atoms with Crippen molar-refractivity contribution in [2.75, 3.05) is 0 Å². The molecule has 0 N–H and O–H groups in total. The van der Waals surface area contributed by atoms with Crippen molar-refractivity contribution in [2.24, 2.45) is 5.92 Å². The molecule has 0 fully saturated rings. The van der Waals surface area contributed by atoms with E-state index in [1.165, 1.54) is 6.42 Å². The largest absolute Gasteiger partial charge is 0.0914 e. The SMILES string of the molecule is C/C=C/C(C)C.CCC. The van der Waals surface area contributed by atoms with Gasteiger partial charge in [-0.05, 0) is 12.8 Å². The second kappa shape index (κ2) is 10.7. The molecule has 0 radical (unpaired) electrons. The number of hydrogen-bond acceptors (Lipinski definition) is 0. The van der Waals surface area contributed by atoms with Crippen LogP contribution in [0.5, 0.6) is 0 Å². The van der Waals surface area contributed by atoms with Gasteiger partial charge in [0.1, 0.15) is 0 Å². The van der Waals surface area contributed by atoms with E-state index in [-0.39, 0.29) is 0 Å². The highest BCUT2D eigenvalue weighted by Crippen LogP contribution is 1.90. The first-order chi connectivity index (χ1) is 4.18. The molecule has 56 valence electrons. The zero-order valence-electron chi connectivity index (χ0n) is 7.44. The molecule has 9 heavy (non-hydrogen) atoms. The van der Waals surface area contributed by atoms with Crippen LogP contribution in [0.2, 0.25) is 0 Å². The molecule has 0 saturated heterocycles. The van der Waals surface area contributed by atoms with Crippen LogP contribution in [0.4, 0.5) is 0 Å². The van der Waals surface area contributed by atoms with Crippen LogP contribution in [0.1, 0.15) is 41.0 Å². The fourth-order valence-corrected chi connectivity index (χ4v) is 0.385. The molecular formula is C9H20. The predicted octanol–water partition coefficient (Wildman–Crippen LogP) is 3.63. The molecule has 0 aromatic carbocycles. The first-order valence-electron chi connectivity index (χ1n) is 3.81. The highest BCUT2D eigenvalue weighted by molar-refractivity contribution is 4.79. The van der Waals surface area contributed by atoms with E-state index in [9.17, 15) is 0 Å². The summed E-state index contributed by atoms with van der Waals surface area (Å²) in [6.45, 7) is 10.6. The third kappa shape index (κ3) is 34.0. The van der Waals surface area contributed by atoms with Crippen LogP contribution < -0.4 is 0 Å². The van der Waals surface area contributed by atoms with E-state index in [0.717, 1.165) is 5.92 Å². The van der Waals surface area contributed by atoms with Gasteiger partial charge in [-0.1, -0.05) is 46.3 Å². The summed E-state index contributed by atoms with van der Waals surface area (Å²) in [6.07, 6.45) is 5.49. The maximum Gasteiger partial charge on any atom is -0.0291 e. The molecular weight excluding hydrogens is 108 g/mol. The lowest BCUT2D eigenvalue weighted by molar-refractivity contribution is 0.830. The van der Waals surface area contributed by atoms with Crippen molar-refractivity contribution in [3.63, 3.8) is 0 Å². The van der Waals surface area contributed by atoms with E-state index in [2.05, 4.69) is 39.8 Å². The summed E-state index contributed by atoms with van der Waals surface area (Å²) in [5.41, 5.74) is 0. The molecule has 0 amide bonds. The van der Waals surface area contributed by atoms with Gasteiger partial charge in [-0.15, -0.1) is 0 Å². The van der Waals surface area contributed by atoms with Crippen LogP contribution in [0.15, 0.2) is 12.2 Å². The fraction of sp³-hybridized carbons (Fsp3) is 0.778. The Morgan fingerprint density at radius 1 is 1.22 bits per heavy atom. The van der Waals surface area contributed by atoms with Gasteiger partial charge in [0.15, 0.2) is 0 Å². The van der Waals surface area contributed by atoms with Gasteiger partial charge in [0.25, 0.3) is 0 Å². The Labute approximate surface area is 60.0 Å². The summed E-state index contributed by atoms with van der Waals surface area (Å²) >= 11 is 0. The van der Waals surface area contributed by atoms with Gasteiger partial charge in [-0.3, -0.25) is 0 Å². The van der Waals surface area contributed by atoms with Crippen LogP contribution in [0.3, 0.4) is 0 Å². The molecule has 0 atom stereocenters. The molecule has 0 bridgehead atoms. The average Bonchev–Trinajstić information content (AvgIpc) is 1.67. The third-order valence-electron chi connectivity index (χ3n) is 0.577. The first-order valence-corrected chi connectivity index (χ1v) is 3.81. The maximum absolute atomic E-state index is 2.17. The molecule has 0 heteroatoms. The molecule has 0 aliphatic rings. The Morgan fingerprint density at radius 3 is 1.56 bits per heavy atom. The van der Waals surface area contributed by atoms with Gasteiger partial charge < -0.3 is 0 Å². The van der Waals surface area contributed by atoms with Crippen LogP contribution in [-0.2, 0) is 0 Å². The van der Waals surface area contributed by atoms with Gasteiger partial charge >= 0.3 is 0 Å². The van der Waals surface area contributed by atoms with Crippen LogP contribution in [0, 0.1) is 5.92 Å². The summed E-state index contributed by atoms with van der Waals surface area (Å²) in [5, 5.41) is 0. The Kier molecular flexibility index (Phi) is 13.7. The lowest BCUT2D eigenvalue weighted by atomic mass is 10.2. The Bertz CT molecular complexity index is 51.1. The highest BCUT2D eigenvalue weighted by Gasteiger charge is 1.76. The van der Waals surface area contributed by atoms with Gasteiger partial charge in [-0.25, -0.2) is 0 Å². The maximum atomic E-state index is 2.17. The number of rotatable bonds is 1. The summed E-state index contributed by atoms with van der Waals surface area (Å²) < 4.78 is 0. The zero-order chi connectivity index (χ0) is 7.70. The molecule has 0 aliphatic carbocycles. The van der Waals surface area contributed by atoms with E-state index >= 15 is 0 Å². The zero-order valence-corrected chi connectivity index (χ0v) is 7.44. The normalized spacial score (nSPS) is 9.56. The van der Waals surface area contributed by atoms with Crippen molar-refractivity contribution in [3.05, 3.63) is 12.2 Å². The van der Waals surface area contributed by atoms with E-state index in [4.69, 9.17) is 0 Å². The van der Waals surface area contributed by atoms with Crippen molar-refractivity contribution in [1.82, 2.24) is 0 Å². The standard InChI is InChI=1S/C6H12.C3H8/c1-4-5-6(2)3;1-3-2/h4-6H,1-3H3;3H2,1-2H3/b5-4+;. The predicted molar refractivity (Wildman–Crippen MR) is 45.6 cm³/mol. The van der Waals surface area contributed by atoms with Gasteiger partial charge in [0.05, 0.1) is 0 Å². The molecule has 0 aromatic rings. The van der Waals surface area contributed by atoms with E-state index in [1.807, 2.05) is 6.92 Å². The Balaban J connectivity index is 0. The van der Waals surface area contributed by atoms with E-state index in [0.29, 0.717) is 0 Å². The summed E-state index contributed by atoms with van der Waals surface area (Å²) in [5.74, 6) is 0.718. The van der Waals surface area contributed by atoms with Crippen molar-refractivity contribution in [2.45, 2.75) is 41.0 Å². The van der Waals surface area contributed by atoms with Crippen LogP contribution in [0.25, 0.3) is 0 Å². The molecule has 0 saturated carbocycles. The summed E-state index contributed by atoms with van der Waals surface area (Å²) in [6, 6.07) is 0. The second-order valence-electron chi connectivity index (χ2n) is 2.48. The van der Waals surface area contributed by atoms with Gasteiger partial charge in [-0.2, -0.15) is 0 Å². The van der Waals surface area contributed by atoms with Crippen molar-refractivity contribution in [3.8, 4) is 0 Å². The fourth-order valence-electron chi connectivity index (χ4n) is 0.385. The van der Waals surface area contributed by atoms with Crippen LogP contribution in [-0.4, -0.2) is 0 Å². The highest BCUT2D eigenvalue weighted by atomic mass is 13.8. The minimum atomic E-state index is 0.718. The van der Waals surface area contributed by atoms with Crippen LogP contribution >= 0.6 is 0 Å². The molecule has 0 heterocycles. The van der Waals surface area contributed by atoms with Crippen molar-refractivity contribution < 1.29 is 0 Å². The van der Waals surface area contributed by atoms with Crippen molar-refractivity contribution >= 4 is 0 Å². The summed E-state index contributed by atoms with van der Waals surface area (Å²) in [4.78, 5) is 0. The number of allylic oxidation sites excluding steroid dienone is 2. The second-order valence-corrected chi connectivity index (χ2v) is 2.48. The molecule has 0 unspecified atom stereocenters. The third-order valence-corrected chi connectivity index (χ3v) is 0.577.